The summed E-state index contributed by atoms with van der Waals surface area (Å²) >= 11 is 5.72. The number of hydrogen-bond donors (Lipinski definition) is 1. The molecule has 4 nitrogen and oxygen atoms in total. The molecule has 0 heterocycles. The van der Waals surface area contributed by atoms with Crippen LogP contribution in [0.4, 0.5) is 10.1 Å². The molecule has 0 aliphatic heterocycles. The molecule has 2 aromatic rings. The maximum atomic E-state index is 13.8. The highest BCUT2D eigenvalue weighted by molar-refractivity contribution is 7.94. The first-order chi connectivity index (χ1) is 9.92. The minimum absolute atomic E-state index is 0.196. The molecule has 21 heavy (non-hydrogen) atoms. The molecule has 0 bridgehead atoms. The van der Waals surface area contributed by atoms with Crippen LogP contribution >= 0.6 is 11.6 Å². The van der Waals surface area contributed by atoms with Crippen LogP contribution in [0.25, 0.3) is 4.72 Å². The number of sulfonamides is 1. The second-order valence-corrected chi connectivity index (χ2v) is 6.42. The Morgan fingerprint density at radius 2 is 1.81 bits per heavy atom. The molecule has 0 aliphatic rings. The molecule has 0 saturated carbocycles. The van der Waals surface area contributed by atoms with Crippen LogP contribution in [0.1, 0.15) is 5.56 Å². The number of halogens is 2. The van der Waals surface area contributed by atoms with Crippen molar-refractivity contribution in [2.45, 2.75) is 11.3 Å². The zero-order valence-electron chi connectivity index (χ0n) is 11.1. The Balaban J connectivity index is 2.34. The summed E-state index contributed by atoms with van der Waals surface area (Å²) in [5, 5.41) is 0.468. The molecule has 0 saturated heterocycles. The molecule has 0 aromatic heterocycles. The second-order valence-electron chi connectivity index (χ2n) is 4.41. The molecular formula is C14H14ClFN2O2S. The lowest BCUT2D eigenvalue weighted by Gasteiger charge is -2.22. The fourth-order valence-corrected chi connectivity index (χ4v) is 3.03. The first-order valence-electron chi connectivity index (χ1n) is 6.23. The predicted octanol–water partition coefficient (Wildman–Crippen LogP) is 2.66. The molecule has 0 fully saturated rings. The third-order valence-electron chi connectivity index (χ3n) is 2.79. The van der Waals surface area contributed by atoms with Crippen molar-refractivity contribution in [3.8, 4) is 0 Å². The third kappa shape index (κ3) is 3.93. The average molecular weight is 329 g/mol. The summed E-state index contributed by atoms with van der Waals surface area (Å²) in [4.78, 5) is -0.427. The SMILES string of the molecule is [NH3+]CCc1ccc(F)c(S(=O)(=O)[N-]c2ccc(Cl)cc2)c1. The molecule has 0 atom stereocenters. The Labute approximate surface area is 127 Å². The Hall–Kier alpha value is -1.63. The minimum atomic E-state index is -4.11. The van der Waals surface area contributed by atoms with Crippen LogP contribution in [0.15, 0.2) is 47.4 Å². The Morgan fingerprint density at radius 1 is 1.14 bits per heavy atom. The fourth-order valence-electron chi connectivity index (χ4n) is 1.79. The van der Waals surface area contributed by atoms with Gasteiger partial charge in [0.05, 0.1) is 11.4 Å². The standard InChI is InChI=1S/C14H13ClFN2O2S/c15-11-2-4-12(5-3-11)18-21(19,20)14-9-10(7-8-17)1-6-13(14)16/h1-6,9H,7-8,17H2/q-1/p+1. The number of nitrogens with zero attached hydrogens (tertiary/aromatic N) is 1. The van der Waals surface area contributed by atoms with E-state index in [1.54, 1.807) is 6.07 Å². The molecule has 0 amide bonds. The first-order valence-corrected chi connectivity index (χ1v) is 8.05. The van der Waals surface area contributed by atoms with Crippen molar-refractivity contribution in [2.75, 3.05) is 6.54 Å². The molecule has 7 heteroatoms. The van der Waals surface area contributed by atoms with Crippen LogP contribution in [0.2, 0.25) is 5.02 Å². The van der Waals surface area contributed by atoms with Gasteiger partial charge in [-0.15, -0.1) is 5.69 Å². The normalized spacial score (nSPS) is 11.4. The van der Waals surface area contributed by atoms with Crippen LogP contribution in [0.5, 0.6) is 0 Å². The van der Waals surface area contributed by atoms with Crippen molar-refractivity contribution in [1.29, 1.82) is 0 Å². The third-order valence-corrected chi connectivity index (χ3v) is 4.36. The molecule has 0 aliphatic carbocycles. The smallest absolute Gasteiger partial charge is 0.140 e. The van der Waals surface area contributed by atoms with Gasteiger partial charge in [-0.05, 0) is 29.8 Å². The van der Waals surface area contributed by atoms with Gasteiger partial charge in [-0.3, -0.25) is 0 Å². The Morgan fingerprint density at radius 3 is 2.43 bits per heavy atom. The Bertz CT molecular complexity index is 733. The van der Waals surface area contributed by atoms with Crippen LogP contribution in [0.3, 0.4) is 0 Å². The van der Waals surface area contributed by atoms with Crippen molar-refractivity contribution in [1.82, 2.24) is 0 Å². The van der Waals surface area contributed by atoms with E-state index in [2.05, 4.69) is 10.5 Å². The summed E-state index contributed by atoms with van der Waals surface area (Å²) in [6, 6.07) is 9.93. The van der Waals surface area contributed by atoms with E-state index in [0.717, 1.165) is 6.07 Å². The van der Waals surface area contributed by atoms with Gasteiger partial charge in [0.25, 0.3) is 0 Å². The van der Waals surface area contributed by atoms with Gasteiger partial charge in [0, 0.05) is 11.4 Å². The van der Waals surface area contributed by atoms with Crippen LogP contribution < -0.4 is 5.73 Å². The first kappa shape index (κ1) is 15.8. The van der Waals surface area contributed by atoms with Gasteiger partial charge in [0.1, 0.15) is 15.8 Å². The zero-order valence-corrected chi connectivity index (χ0v) is 12.7. The van der Waals surface area contributed by atoms with E-state index in [4.69, 9.17) is 11.6 Å². The van der Waals surface area contributed by atoms with E-state index in [9.17, 15) is 12.8 Å². The van der Waals surface area contributed by atoms with E-state index in [1.165, 1.54) is 30.3 Å². The lowest BCUT2D eigenvalue weighted by Crippen LogP contribution is -2.51. The summed E-state index contributed by atoms with van der Waals surface area (Å²) in [7, 11) is -4.11. The highest BCUT2D eigenvalue weighted by atomic mass is 35.5. The highest BCUT2D eigenvalue weighted by Crippen LogP contribution is 2.30. The lowest BCUT2D eigenvalue weighted by molar-refractivity contribution is -0.366. The van der Waals surface area contributed by atoms with E-state index in [0.29, 0.717) is 23.6 Å². The molecule has 0 radical (unpaired) electrons. The largest absolute Gasteiger partial charge is 0.573 e. The molecule has 0 unspecified atom stereocenters. The van der Waals surface area contributed by atoms with Gasteiger partial charge in [0.15, 0.2) is 0 Å². The van der Waals surface area contributed by atoms with E-state index in [-0.39, 0.29) is 5.69 Å². The predicted molar refractivity (Wildman–Crippen MR) is 79.5 cm³/mol. The number of rotatable bonds is 5. The van der Waals surface area contributed by atoms with Crippen molar-refractivity contribution >= 4 is 27.3 Å². The minimum Gasteiger partial charge on any atom is -0.573 e. The molecule has 0 spiro atoms. The summed E-state index contributed by atoms with van der Waals surface area (Å²) in [6.45, 7) is 0.597. The Kier molecular flexibility index (Phi) is 4.82. The molecule has 2 aromatic carbocycles. The zero-order chi connectivity index (χ0) is 15.5. The van der Waals surface area contributed by atoms with Crippen LogP contribution in [0, 0.1) is 5.82 Å². The van der Waals surface area contributed by atoms with Gasteiger partial charge < -0.3 is 10.5 Å². The summed E-state index contributed by atoms with van der Waals surface area (Å²) in [5.74, 6) is -0.819. The molecular weight excluding hydrogens is 315 g/mol. The van der Waals surface area contributed by atoms with Crippen LogP contribution in [-0.4, -0.2) is 15.0 Å². The monoisotopic (exact) mass is 328 g/mol. The van der Waals surface area contributed by atoms with Gasteiger partial charge in [-0.25, -0.2) is 12.8 Å². The van der Waals surface area contributed by atoms with E-state index < -0.39 is 20.7 Å². The average Bonchev–Trinajstić information content (AvgIpc) is 2.43. The topological polar surface area (TPSA) is 75.9 Å². The van der Waals surface area contributed by atoms with Crippen molar-refractivity contribution in [3.05, 3.63) is 63.6 Å². The van der Waals surface area contributed by atoms with Gasteiger partial charge in [0.2, 0.25) is 0 Å². The summed E-state index contributed by atoms with van der Waals surface area (Å²) in [6.07, 6.45) is 0.573. The molecule has 3 N–H and O–H groups in total. The number of benzene rings is 2. The summed E-state index contributed by atoms with van der Waals surface area (Å²) in [5.41, 5.74) is 4.59. The van der Waals surface area contributed by atoms with E-state index in [1.807, 2.05) is 0 Å². The molecule has 112 valence electrons. The van der Waals surface area contributed by atoms with Crippen molar-refractivity contribution < 1.29 is 18.5 Å². The van der Waals surface area contributed by atoms with Crippen molar-refractivity contribution in [2.24, 2.45) is 0 Å². The summed E-state index contributed by atoms with van der Waals surface area (Å²) < 4.78 is 41.8. The highest BCUT2D eigenvalue weighted by Gasteiger charge is 2.12. The van der Waals surface area contributed by atoms with Crippen LogP contribution in [-0.2, 0) is 16.4 Å². The molecule has 2 rings (SSSR count). The lowest BCUT2D eigenvalue weighted by atomic mass is 10.1. The fraction of sp³-hybridized carbons (Fsp3) is 0.143. The maximum absolute atomic E-state index is 13.8. The number of hydrogen-bond acceptors (Lipinski definition) is 2. The van der Waals surface area contributed by atoms with Gasteiger partial charge in [-0.1, -0.05) is 29.8 Å². The van der Waals surface area contributed by atoms with E-state index >= 15 is 0 Å². The quantitative estimate of drug-likeness (QED) is 0.916. The maximum Gasteiger partial charge on any atom is 0.140 e. The van der Waals surface area contributed by atoms with Gasteiger partial charge >= 0.3 is 0 Å². The second kappa shape index (κ2) is 6.43. The number of quaternary nitrogens is 1. The van der Waals surface area contributed by atoms with Crippen molar-refractivity contribution in [3.63, 3.8) is 0 Å². The van der Waals surface area contributed by atoms with Gasteiger partial charge in [-0.2, -0.15) is 0 Å².